The molecule has 4 rings (SSSR count). The van der Waals surface area contributed by atoms with Crippen molar-refractivity contribution in [3.8, 4) is 0 Å². The van der Waals surface area contributed by atoms with Gasteiger partial charge in [-0.25, -0.2) is 9.07 Å². The van der Waals surface area contributed by atoms with Gasteiger partial charge in [-0.3, -0.25) is 4.90 Å². The van der Waals surface area contributed by atoms with Gasteiger partial charge in [-0.2, -0.15) is 0 Å². The van der Waals surface area contributed by atoms with Crippen LogP contribution in [0.3, 0.4) is 0 Å². The van der Waals surface area contributed by atoms with Crippen LogP contribution in [0.5, 0.6) is 0 Å². The Labute approximate surface area is 182 Å². The van der Waals surface area contributed by atoms with Crippen LogP contribution in [0, 0.1) is 19.7 Å². The molecule has 1 atom stereocenters. The summed E-state index contributed by atoms with van der Waals surface area (Å²) in [7, 11) is 1.66. The van der Waals surface area contributed by atoms with E-state index in [4.69, 9.17) is 4.74 Å². The van der Waals surface area contributed by atoms with Gasteiger partial charge in [0.2, 0.25) is 0 Å². The summed E-state index contributed by atoms with van der Waals surface area (Å²) in [6.45, 7) is 8.94. The molecule has 7 nitrogen and oxygen atoms in total. The number of piperazine rings is 1. The number of nitrogens with zero attached hydrogens (tertiary/aromatic N) is 6. The third-order valence-corrected chi connectivity index (χ3v) is 6.09. The van der Waals surface area contributed by atoms with E-state index in [0.717, 1.165) is 37.6 Å². The van der Waals surface area contributed by atoms with E-state index in [-0.39, 0.29) is 11.9 Å². The molecule has 2 aromatic carbocycles. The van der Waals surface area contributed by atoms with E-state index in [1.807, 2.05) is 12.1 Å². The molecule has 0 amide bonds. The Morgan fingerprint density at radius 2 is 1.77 bits per heavy atom. The average Bonchev–Trinajstić information content (AvgIpc) is 3.24. The minimum atomic E-state index is -0.249. The quantitative estimate of drug-likeness (QED) is 0.581. The Kier molecular flexibility index (Phi) is 6.58. The third kappa shape index (κ3) is 4.60. The van der Waals surface area contributed by atoms with Gasteiger partial charge in [-0.15, -0.1) is 5.10 Å². The van der Waals surface area contributed by atoms with E-state index in [1.54, 1.807) is 11.8 Å². The van der Waals surface area contributed by atoms with Gasteiger partial charge in [-0.05, 0) is 59.2 Å². The van der Waals surface area contributed by atoms with Crippen molar-refractivity contribution in [3.05, 3.63) is 70.8 Å². The van der Waals surface area contributed by atoms with Gasteiger partial charge in [0.25, 0.3) is 0 Å². The van der Waals surface area contributed by atoms with Crippen molar-refractivity contribution in [1.29, 1.82) is 0 Å². The maximum Gasteiger partial charge on any atom is 0.173 e. The zero-order valence-corrected chi connectivity index (χ0v) is 18.3. The van der Waals surface area contributed by atoms with Gasteiger partial charge in [0, 0.05) is 39.0 Å². The highest BCUT2D eigenvalue weighted by Gasteiger charge is 2.31. The molecule has 0 saturated carbocycles. The third-order valence-electron chi connectivity index (χ3n) is 6.09. The summed E-state index contributed by atoms with van der Waals surface area (Å²) in [4.78, 5) is 4.82. The average molecular weight is 425 g/mol. The predicted molar refractivity (Wildman–Crippen MR) is 118 cm³/mol. The van der Waals surface area contributed by atoms with Gasteiger partial charge in [0.15, 0.2) is 5.82 Å². The van der Waals surface area contributed by atoms with Crippen LogP contribution in [0.1, 0.15) is 28.6 Å². The van der Waals surface area contributed by atoms with Gasteiger partial charge in [0.05, 0.1) is 19.2 Å². The summed E-state index contributed by atoms with van der Waals surface area (Å²) in [5.74, 6) is 0.505. The largest absolute Gasteiger partial charge is 0.383 e. The Morgan fingerprint density at radius 1 is 1.03 bits per heavy atom. The molecule has 1 aromatic heterocycles. The van der Waals surface area contributed by atoms with Crippen LogP contribution in [0.2, 0.25) is 0 Å². The summed E-state index contributed by atoms with van der Waals surface area (Å²) in [5, 5.41) is 12.4. The molecule has 0 radical (unpaired) electrons. The number of rotatable bonds is 7. The fraction of sp³-hybridized carbons (Fsp3) is 0.435. The standard InChI is InChI=1S/C23H29FN6O/c1-17-5-4-6-21(18(17)2)28-11-13-29(14-12-28)22(19-7-9-20(24)10-8-19)23-25-26-27-30(23)15-16-31-3/h4-10,22H,11-16H2,1-3H3/t22-/m0/s1. The molecule has 1 aliphatic rings. The van der Waals surface area contributed by atoms with Gasteiger partial charge in [-0.1, -0.05) is 24.3 Å². The summed E-state index contributed by atoms with van der Waals surface area (Å²) in [5.41, 5.74) is 4.91. The monoisotopic (exact) mass is 424 g/mol. The fourth-order valence-corrected chi connectivity index (χ4v) is 4.21. The van der Waals surface area contributed by atoms with E-state index in [1.165, 1.54) is 28.9 Å². The maximum absolute atomic E-state index is 13.6. The van der Waals surface area contributed by atoms with Crippen molar-refractivity contribution >= 4 is 5.69 Å². The van der Waals surface area contributed by atoms with Crippen molar-refractivity contribution < 1.29 is 9.13 Å². The van der Waals surface area contributed by atoms with Crippen molar-refractivity contribution in [3.63, 3.8) is 0 Å². The molecule has 1 fully saturated rings. The summed E-state index contributed by atoms with van der Waals surface area (Å²) < 4.78 is 20.6. The van der Waals surface area contributed by atoms with E-state index in [0.29, 0.717) is 13.2 Å². The van der Waals surface area contributed by atoms with Crippen LogP contribution in [0.4, 0.5) is 10.1 Å². The molecule has 0 bridgehead atoms. The number of anilines is 1. The highest BCUT2D eigenvalue weighted by atomic mass is 19.1. The smallest absolute Gasteiger partial charge is 0.173 e. The summed E-state index contributed by atoms with van der Waals surface area (Å²) in [6, 6.07) is 13.0. The van der Waals surface area contributed by atoms with Gasteiger partial charge in [0.1, 0.15) is 5.82 Å². The molecular formula is C23H29FN6O. The van der Waals surface area contributed by atoms with Crippen LogP contribution in [-0.2, 0) is 11.3 Å². The molecule has 31 heavy (non-hydrogen) atoms. The van der Waals surface area contributed by atoms with E-state index in [9.17, 15) is 4.39 Å². The zero-order chi connectivity index (χ0) is 21.8. The van der Waals surface area contributed by atoms with Gasteiger partial charge >= 0.3 is 0 Å². The van der Waals surface area contributed by atoms with Crippen LogP contribution in [-0.4, -0.2) is 65.0 Å². The highest BCUT2D eigenvalue weighted by molar-refractivity contribution is 5.56. The van der Waals surface area contributed by atoms with Crippen LogP contribution in [0.15, 0.2) is 42.5 Å². The second-order valence-electron chi connectivity index (χ2n) is 7.95. The minimum absolute atomic E-state index is 0.145. The van der Waals surface area contributed by atoms with Gasteiger partial charge < -0.3 is 9.64 Å². The maximum atomic E-state index is 13.6. The number of aromatic nitrogens is 4. The molecule has 0 N–H and O–H groups in total. The topological polar surface area (TPSA) is 59.3 Å². The van der Waals surface area contributed by atoms with Crippen molar-refractivity contribution in [2.45, 2.75) is 26.4 Å². The lowest BCUT2D eigenvalue weighted by molar-refractivity contribution is 0.171. The number of halogens is 1. The van der Waals surface area contributed by atoms with Crippen LogP contribution < -0.4 is 4.90 Å². The second kappa shape index (κ2) is 9.53. The summed E-state index contributed by atoms with van der Waals surface area (Å²) >= 11 is 0. The predicted octanol–water partition coefficient (Wildman–Crippen LogP) is 2.99. The summed E-state index contributed by atoms with van der Waals surface area (Å²) in [6.07, 6.45) is 0. The number of benzene rings is 2. The van der Waals surface area contributed by atoms with Crippen molar-refractivity contribution in [1.82, 2.24) is 25.1 Å². The van der Waals surface area contributed by atoms with E-state index in [2.05, 4.69) is 57.4 Å². The molecule has 8 heteroatoms. The molecular weight excluding hydrogens is 395 g/mol. The minimum Gasteiger partial charge on any atom is -0.383 e. The lowest BCUT2D eigenvalue weighted by Crippen LogP contribution is -2.48. The molecule has 0 aliphatic carbocycles. The first kappa shape index (κ1) is 21.4. The molecule has 3 aromatic rings. The van der Waals surface area contributed by atoms with E-state index < -0.39 is 0 Å². The number of tetrazole rings is 1. The van der Waals surface area contributed by atoms with Crippen LogP contribution in [0.25, 0.3) is 0 Å². The number of hydrogen-bond donors (Lipinski definition) is 0. The van der Waals surface area contributed by atoms with E-state index >= 15 is 0 Å². The Hall–Kier alpha value is -2.84. The lowest BCUT2D eigenvalue weighted by Gasteiger charge is -2.40. The molecule has 1 aliphatic heterocycles. The number of ether oxygens (including phenoxy) is 1. The number of hydrogen-bond acceptors (Lipinski definition) is 6. The first-order valence-electron chi connectivity index (χ1n) is 10.6. The first-order valence-corrected chi connectivity index (χ1v) is 10.6. The Morgan fingerprint density at radius 3 is 2.48 bits per heavy atom. The normalized spacial score (nSPS) is 15.9. The number of aryl methyl sites for hydroxylation is 1. The Balaban J connectivity index is 1.59. The Bertz CT molecular complexity index is 998. The molecule has 0 spiro atoms. The fourth-order valence-electron chi connectivity index (χ4n) is 4.21. The SMILES string of the molecule is COCCn1nnnc1[C@H](c1ccc(F)cc1)N1CCN(c2cccc(C)c2C)CC1. The van der Waals surface area contributed by atoms with Crippen molar-refractivity contribution in [2.75, 3.05) is 44.8 Å². The molecule has 1 saturated heterocycles. The first-order chi connectivity index (χ1) is 15.1. The zero-order valence-electron chi connectivity index (χ0n) is 18.3. The number of methoxy groups -OCH3 is 1. The highest BCUT2D eigenvalue weighted by Crippen LogP contribution is 2.30. The second-order valence-corrected chi connectivity index (χ2v) is 7.95. The molecule has 0 unspecified atom stereocenters. The molecule has 2 heterocycles. The van der Waals surface area contributed by atoms with Crippen LogP contribution >= 0.6 is 0 Å². The lowest BCUT2D eigenvalue weighted by atomic mass is 10.0. The molecule has 164 valence electrons. The van der Waals surface area contributed by atoms with Crippen molar-refractivity contribution in [2.24, 2.45) is 0 Å².